The van der Waals surface area contributed by atoms with Crippen LogP contribution < -0.4 is 0 Å². The molecule has 1 unspecified atom stereocenters. The topological polar surface area (TPSA) is 67.3 Å². The molecule has 1 rings (SSSR count). The zero-order valence-corrected chi connectivity index (χ0v) is 16.8. The lowest BCUT2D eigenvalue weighted by molar-refractivity contribution is 0.0723. The lowest BCUT2D eigenvalue weighted by Gasteiger charge is -2.27. The fraction of sp³-hybridized carbons (Fsp3) is 0.750. The van der Waals surface area contributed by atoms with Gasteiger partial charge in [0.2, 0.25) is 0 Å². The second-order valence-electron chi connectivity index (χ2n) is 6.82. The van der Waals surface area contributed by atoms with Gasteiger partial charge >= 0.3 is 0 Å². The van der Waals surface area contributed by atoms with Gasteiger partial charge < -0.3 is 4.90 Å². The van der Waals surface area contributed by atoms with Crippen LogP contribution in [-0.4, -0.2) is 48.3 Å². The number of hydrogen-bond acceptors (Lipinski definition) is 5. The monoisotopic (exact) mass is 360 g/mol. The second kappa shape index (κ2) is 7.30. The summed E-state index contributed by atoms with van der Waals surface area (Å²) < 4.78 is 23.7. The lowest BCUT2D eigenvalue weighted by Crippen LogP contribution is -2.42. The Labute approximate surface area is 144 Å². The molecule has 1 aromatic heterocycles. The summed E-state index contributed by atoms with van der Waals surface area (Å²) in [6.45, 7) is 13.8. The Kier molecular flexibility index (Phi) is 6.38. The zero-order valence-electron chi connectivity index (χ0n) is 15.1. The summed E-state index contributed by atoms with van der Waals surface area (Å²) in [6, 6.07) is -0.350. The van der Waals surface area contributed by atoms with Crippen LogP contribution in [-0.2, 0) is 15.3 Å². The van der Waals surface area contributed by atoms with Gasteiger partial charge in [-0.15, -0.1) is 11.3 Å². The van der Waals surface area contributed by atoms with Gasteiger partial charge in [-0.25, -0.2) is 13.4 Å². The molecule has 23 heavy (non-hydrogen) atoms. The van der Waals surface area contributed by atoms with Crippen molar-refractivity contribution >= 4 is 27.1 Å². The van der Waals surface area contributed by atoms with Crippen molar-refractivity contribution in [1.82, 2.24) is 9.88 Å². The van der Waals surface area contributed by atoms with Crippen LogP contribution in [0.15, 0.2) is 0 Å². The van der Waals surface area contributed by atoms with E-state index in [0.717, 1.165) is 5.01 Å². The second-order valence-corrected chi connectivity index (χ2v) is 10.2. The number of rotatable bonds is 6. The van der Waals surface area contributed by atoms with Crippen molar-refractivity contribution in [3.05, 3.63) is 15.6 Å². The molecule has 0 saturated heterocycles. The third kappa shape index (κ3) is 5.01. The molecule has 132 valence electrons. The predicted molar refractivity (Wildman–Crippen MR) is 96.1 cm³/mol. The maximum absolute atomic E-state index is 12.9. The molecule has 1 atom stereocenters. The molecule has 0 aliphatic rings. The van der Waals surface area contributed by atoms with E-state index in [-0.39, 0.29) is 28.9 Å². The van der Waals surface area contributed by atoms with E-state index >= 15 is 0 Å². The number of aryl methyl sites for hydroxylation is 1. The molecule has 7 heteroatoms. The highest BCUT2D eigenvalue weighted by Gasteiger charge is 2.29. The molecule has 0 aliphatic carbocycles. The standard InChI is InChI=1S/C16H28N2O3S2/c1-8-18(11(3)10-23(20,21)9-2)14(19)13-12(4)17-15(22-13)16(5,6)7/h11H,8-10H2,1-7H3. The van der Waals surface area contributed by atoms with Crippen molar-refractivity contribution in [2.45, 2.75) is 59.9 Å². The Morgan fingerprint density at radius 2 is 1.87 bits per heavy atom. The number of carbonyl (C=O) groups is 1. The maximum Gasteiger partial charge on any atom is 0.266 e. The highest BCUT2D eigenvalue weighted by atomic mass is 32.2. The van der Waals surface area contributed by atoms with E-state index in [1.807, 2.05) is 13.8 Å². The van der Waals surface area contributed by atoms with Gasteiger partial charge in [0, 0.05) is 23.8 Å². The first-order valence-electron chi connectivity index (χ1n) is 7.92. The van der Waals surface area contributed by atoms with E-state index in [2.05, 4.69) is 25.8 Å². The molecule has 0 spiro atoms. The van der Waals surface area contributed by atoms with Gasteiger partial charge in [-0.1, -0.05) is 27.7 Å². The average molecular weight is 361 g/mol. The lowest BCUT2D eigenvalue weighted by atomic mass is 9.98. The number of sulfone groups is 1. The van der Waals surface area contributed by atoms with E-state index in [4.69, 9.17) is 0 Å². The molecule has 0 aromatic carbocycles. The van der Waals surface area contributed by atoms with Crippen LogP contribution in [0.3, 0.4) is 0 Å². The molecule has 1 heterocycles. The molecular formula is C16H28N2O3S2. The highest BCUT2D eigenvalue weighted by Crippen LogP contribution is 2.30. The minimum Gasteiger partial charge on any atom is -0.334 e. The predicted octanol–water partition coefficient (Wildman–Crippen LogP) is 3.03. The largest absolute Gasteiger partial charge is 0.334 e. The van der Waals surface area contributed by atoms with Crippen LogP contribution in [0, 0.1) is 6.92 Å². The van der Waals surface area contributed by atoms with E-state index < -0.39 is 9.84 Å². The summed E-state index contributed by atoms with van der Waals surface area (Å²) in [5, 5.41) is 0.920. The number of carbonyl (C=O) groups excluding carboxylic acids is 1. The number of aromatic nitrogens is 1. The first-order valence-corrected chi connectivity index (χ1v) is 10.6. The van der Waals surface area contributed by atoms with E-state index in [0.29, 0.717) is 17.1 Å². The fourth-order valence-corrected chi connectivity index (χ4v) is 4.51. The molecule has 0 bridgehead atoms. The molecule has 5 nitrogen and oxygen atoms in total. The normalized spacial score (nSPS) is 13.9. The molecule has 0 fully saturated rings. The van der Waals surface area contributed by atoms with Gasteiger partial charge in [0.25, 0.3) is 5.91 Å². The SMILES string of the molecule is CCN(C(=O)c1sc(C(C)(C)C)nc1C)C(C)CS(=O)(=O)CC. The third-order valence-corrected chi connectivity index (χ3v) is 7.14. The Hall–Kier alpha value is -0.950. The van der Waals surface area contributed by atoms with Crippen molar-refractivity contribution in [1.29, 1.82) is 0 Å². The number of thiazole rings is 1. The Bertz CT molecular complexity index is 657. The first kappa shape index (κ1) is 20.1. The quantitative estimate of drug-likeness (QED) is 0.782. The minimum atomic E-state index is -3.12. The van der Waals surface area contributed by atoms with Crippen LogP contribution in [0.25, 0.3) is 0 Å². The zero-order chi connectivity index (χ0) is 18.0. The van der Waals surface area contributed by atoms with Crippen LogP contribution in [0.5, 0.6) is 0 Å². The maximum atomic E-state index is 12.9. The molecular weight excluding hydrogens is 332 g/mol. The van der Waals surface area contributed by atoms with E-state index in [1.54, 1.807) is 18.7 Å². The van der Waals surface area contributed by atoms with E-state index in [1.165, 1.54) is 11.3 Å². The summed E-state index contributed by atoms with van der Waals surface area (Å²) >= 11 is 1.41. The van der Waals surface area contributed by atoms with Crippen LogP contribution >= 0.6 is 11.3 Å². The molecule has 0 saturated carbocycles. The van der Waals surface area contributed by atoms with Crippen molar-refractivity contribution in [3.63, 3.8) is 0 Å². The summed E-state index contributed by atoms with van der Waals surface area (Å²) in [5.74, 6) is -0.0408. The Balaban J connectivity index is 3.08. The number of hydrogen-bond donors (Lipinski definition) is 0. The van der Waals surface area contributed by atoms with Gasteiger partial charge in [0.1, 0.15) is 4.88 Å². The highest BCUT2D eigenvalue weighted by molar-refractivity contribution is 7.91. The van der Waals surface area contributed by atoms with Gasteiger partial charge in [0.15, 0.2) is 9.84 Å². The molecule has 0 N–H and O–H groups in total. The molecule has 0 radical (unpaired) electrons. The summed E-state index contributed by atoms with van der Waals surface area (Å²) in [4.78, 5) is 19.6. The molecule has 1 aromatic rings. The van der Waals surface area contributed by atoms with Crippen molar-refractivity contribution < 1.29 is 13.2 Å². The van der Waals surface area contributed by atoms with Gasteiger partial charge in [-0.2, -0.15) is 0 Å². The number of amides is 1. The third-order valence-electron chi connectivity index (χ3n) is 3.70. The smallest absolute Gasteiger partial charge is 0.266 e. The van der Waals surface area contributed by atoms with E-state index in [9.17, 15) is 13.2 Å². The van der Waals surface area contributed by atoms with Gasteiger partial charge in [0.05, 0.1) is 16.5 Å². The van der Waals surface area contributed by atoms with Crippen LogP contribution in [0.1, 0.15) is 61.9 Å². The van der Waals surface area contributed by atoms with Crippen molar-refractivity contribution in [2.24, 2.45) is 0 Å². The summed E-state index contributed by atoms with van der Waals surface area (Å²) in [6.07, 6.45) is 0. The van der Waals surface area contributed by atoms with Crippen molar-refractivity contribution in [2.75, 3.05) is 18.1 Å². The number of nitrogens with zero attached hydrogens (tertiary/aromatic N) is 2. The van der Waals surface area contributed by atoms with Crippen molar-refractivity contribution in [3.8, 4) is 0 Å². The molecule has 0 aliphatic heterocycles. The Morgan fingerprint density at radius 3 is 2.26 bits per heavy atom. The van der Waals surface area contributed by atoms with Gasteiger partial charge in [-0.05, 0) is 20.8 Å². The molecule has 1 amide bonds. The van der Waals surface area contributed by atoms with Crippen LogP contribution in [0.4, 0.5) is 0 Å². The van der Waals surface area contributed by atoms with Gasteiger partial charge in [-0.3, -0.25) is 4.79 Å². The minimum absolute atomic E-state index is 0.00689. The summed E-state index contributed by atoms with van der Waals surface area (Å²) in [5.41, 5.74) is 0.608. The first-order chi connectivity index (χ1) is 10.4. The van der Waals surface area contributed by atoms with Crippen LogP contribution in [0.2, 0.25) is 0 Å². The average Bonchev–Trinajstić information content (AvgIpc) is 2.81. The fourth-order valence-electron chi connectivity index (χ4n) is 2.28. The summed E-state index contributed by atoms with van der Waals surface area (Å²) in [7, 11) is -3.12. The Morgan fingerprint density at radius 1 is 1.30 bits per heavy atom.